The van der Waals surface area contributed by atoms with E-state index in [1.54, 1.807) is 4.68 Å². The number of rotatable bonds is 2. The van der Waals surface area contributed by atoms with Gasteiger partial charge in [-0.1, -0.05) is 0 Å². The second-order valence-electron chi connectivity index (χ2n) is 2.65. The van der Waals surface area contributed by atoms with Crippen molar-refractivity contribution in [3.63, 3.8) is 0 Å². The standard InChI is InChI=1S/C7H9N5S/c1-12-6(9-4-10-12)2-5-3-13-7(8)11-5/h3-4H,2H2,1H3,(H2,8,11). The topological polar surface area (TPSA) is 69.6 Å². The normalized spacial score (nSPS) is 10.5. The van der Waals surface area contributed by atoms with E-state index in [-0.39, 0.29) is 0 Å². The summed E-state index contributed by atoms with van der Waals surface area (Å²) in [6, 6.07) is 0. The van der Waals surface area contributed by atoms with Gasteiger partial charge in [0.05, 0.1) is 12.1 Å². The Kier molecular flexibility index (Phi) is 1.97. The molecule has 0 spiro atoms. The Morgan fingerprint density at radius 1 is 1.62 bits per heavy atom. The lowest BCUT2D eigenvalue weighted by molar-refractivity contribution is 0.713. The van der Waals surface area contributed by atoms with Gasteiger partial charge in [0.2, 0.25) is 0 Å². The number of nitrogens with two attached hydrogens (primary N) is 1. The minimum absolute atomic E-state index is 0.595. The van der Waals surface area contributed by atoms with Crippen LogP contribution in [0, 0.1) is 0 Å². The highest BCUT2D eigenvalue weighted by Gasteiger charge is 2.04. The van der Waals surface area contributed by atoms with Crippen LogP contribution in [0.2, 0.25) is 0 Å². The SMILES string of the molecule is Cn1ncnc1Cc1csc(N)n1. The number of nitrogen functional groups attached to an aromatic ring is 1. The maximum Gasteiger partial charge on any atom is 0.180 e. The van der Waals surface area contributed by atoms with Crippen molar-refractivity contribution in [3.8, 4) is 0 Å². The van der Waals surface area contributed by atoms with Gasteiger partial charge in [0.25, 0.3) is 0 Å². The summed E-state index contributed by atoms with van der Waals surface area (Å²) in [7, 11) is 1.86. The Morgan fingerprint density at radius 2 is 2.46 bits per heavy atom. The zero-order valence-electron chi connectivity index (χ0n) is 7.14. The van der Waals surface area contributed by atoms with E-state index in [4.69, 9.17) is 5.73 Å². The van der Waals surface area contributed by atoms with Crippen LogP contribution in [0.4, 0.5) is 5.13 Å². The molecule has 0 saturated heterocycles. The molecular formula is C7H9N5S. The summed E-state index contributed by atoms with van der Waals surface area (Å²) in [5.74, 6) is 0.894. The van der Waals surface area contributed by atoms with Crippen LogP contribution in [0.25, 0.3) is 0 Å². The summed E-state index contributed by atoms with van der Waals surface area (Å²) >= 11 is 1.44. The molecule has 0 bridgehead atoms. The molecule has 0 fully saturated rings. The van der Waals surface area contributed by atoms with E-state index < -0.39 is 0 Å². The summed E-state index contributed by atoms with van der Waals surface area (Å²) in [4.78, 5) is 8.24. The highest BCUT2D eigenvalue weighted by atomic mass is 32.1. The molecule has 68 valence electrons. The lowest BCUT2D eigenvalue weighted by atomic mass is 10.3. The summed E-state index contributed by atoms with van der Waals surface area (Å²) in [5.41, 5.74) is 6.45. The van der Waals surface area contributed by atoms with Crippen LogP contribution >= 0.6 is 11.3 Å². The molecule has 0 unspecified atom stereocenters. The van der Waals surface area contributed by atoms with Crippen molar-refractivity contribution in [2.24, 2.45) is 7.05 Å². The molecule has 2 N–H and O–H groups in total. The maximum atomic E-state index is 5.51. The maximum absolute atomic E-state index is 5.51. The van der Waals surface area contributed by atoms with E-state index in [1.165, 1.54) is 17.7 Å². The van der Waals surface area contributed by atoms with Gasteiger partial charge < -0.3 is 5.73 Å². The number of aromatic nitrogens is 4. The average Bonchev–Trinajstić information content (AvgIpc) is 2.64. The van der Waals surface area contributed by atoms with E-state index in [0.717, 1.165) is 11.5 Å². The first-order valence-corrected chi connectivity index (χ1v) is 4.66. The monoisotopic (exact) mass is 195 g/mol. The average molecular weight is 195 g/mol. The van der Waals surface area contributed by atoms with Crippen molar-refractivity contribution in [2.45, 2.75) is 6.42 Å². The molecule has 2 rings (SSSR count). The molecule has 2 aromatic rings. The molecule has 13 heavy (non-hydrogen) atoms. The van der Waals surface area contributed by atoms with Gasteiger partial charge in [-0.05, 0) is 0 Å². The van der Waals surface area contributed by atoms with Crippen LogP contribution in [0.3, 0.4) is 0 Å². The Bertz CT molecular complexity index is 404. The van der Waals surface area contributed by atoms with Crippen LogP contribution in [0.15, 0.2) is 11.7 Å². The fourth-order valence-electron chi connectivity index (χ4n) is 1.05. The first-order valence-electron chi connectivity index (χ1n) is 3.78. The van der Waals surface area contributed by atoms with Gasteiger partial charge in [0.15, 0.2) is 5.13 Å². The van der Waals surface area contributed by atoms with E-state index in [1.807, 2.05) is 12.4 Å². The van der Waals surface area contributed by atoms with E-state index in [0.29, 0.717) is 11.6 Å². The third kappa shape index (κ3) is 1.67. The second kappa shape index (κ2) is 3.14. The Hall–Kier alpha value is -1.43. The third-order valence-electron chi connectivity index (χ3n) is 1.71. The van der Waals surface area contributed by atoms with Crippen molar-refractivity contribution in [1.82, 2.24) is 19.7 Å². The van der Waals surface area contributed by atoms with Gasteiger partial charge in [0, 0.05) is 12.4 Å². The molecule has 2 aromatic heterocycles. The minimum atomic E-state index is 0.595. The van der Waals surface area contributed by atoms with Crippen LogP contribution in [0.5, 0.6) is 0 Å². The Labute approximate surface area is 79.2 Å². The summed E-state index contributed by atoms with van der Waals surface area (Å²) in [6.07, 6.45) is 2.22. The van der Waals surface area contributed by atoms with Gasteiger partial charge in [-0.15, -0.1) is 11.3 Å². The largest absolute Gasteiger partial charge is 0.375 e. The molecule has 5 nitrogen and oxygen atoms in total. The van der Waals surface area contributed by atoms with Gasteiger partial charge in [-0.2, -0.15) is 5.10 Å². The Morgan fingerprint density at radius 3 is 3.00 bits per heavy atom. The van der Waals surface area contributed by atoms with Crippen molar-refractivity contribution >= 4 is 16.5 Å². The molecule has 0 saturated carbocycles. The quantitative estimate of drug-likeness (QED) is 0.755. The van der Waals surface area contributed by atoms with Gasteiger partial charge in [-0.25, -0.2) is 9.97 Å². The predicted octanol–water partition coefficient (Wildman–Crippen LogP) is 0.445. The molecule has 6 heteroatoms. The van der Waals surface area contributed by atoms with Crippen LogP contribution in [-0.2, 0) is 13.5 Å². The number of nitrogens with zero attached hydrogens (tertiary/aromatic N) is 4. The fourth-order valence-corrected chi connectivity index (χ4v) is 1.61. The van der Waals surface area contributed by atoms with E-state index in [9.17, 15) is 0 Å². The van der Waals surface area contributed by atoms with Crippen LogP contribution < -0.4 is 5.73 Å². The summed E-state index contributed by atoms with van der Waals surface area (Å²) in [6.45, 7) is 0. The lowest BCUT2D eigenvalue weighted by Crippen LogP contribution is -2.00. The minimum Gasteiger partial charge on any atom is -0.375 e. The highest BCUT2D eigenvalue weighted by molar-refractivity contribution is 7.13. The molecule has 0 aliphatic carbocycles. The molecule has 0 aromatic carbocycles. The zero-order valence-corrected chi connectivity index (χ0v) is 7.95. The first-order chi connectivity index (χ1) is 6.25. The third-order valence-corrected chi connectivity index (χ3v) is 2.44. The number of hydrogen-bond acceptors (Lipinski definition) is 5. The first kappa shape index (κ1) is 8.18. The lowest BCUT2D eigenvalue weighted by Gasteiger charge is -1.95. The molecule has 0 radical (unpaired) electrons. The highest BCUT2D eigenvalue weighted by Crippen LogP contribution is 2.13. The number of anilines is 1. The molecule has 0 aliphatic rings. The molecule has 0 amide bonds. The summed E-state index contributed by atoms with van der Waals surface area (Å²) < 4.78 is 1.73. The molecule has 2 heterocycles. The predicted molar refractivity (Wildman–Crippen MR) is 50.3 cm³/mol. The fraction of sp³-hybridized carbons (Fsp3) is 0.286. The van der Waals surface area contributed by atoms with E-state index in [2.05, 4.69) is 15.1 Å². The molecule has 0 aliphatic heterocycles. The second-order valence-corrected chi connectivity index (χ2v) is 3.54. The molecule has 0 atom stereocenters. The van der Waals surface area contributed by atoms with Crippen LogP contribution in [-0.4, -0.2) is 19.7 Å². The van der Waals surface area contributed by atoms with Gasteiger partial charge in [-0.3, -0.25) is 4.68 Å². The van der Waals surface area contributed by atoms with Crippen LogP contribution in [0.1, 0.15) is 11.5 Å². The number of thiazole rings is 1. The number of hydrogen-bond donors (Lipinski definition) is 1. The summed E-state index contributed by atoms with van der Waals surface area (Å²) in [5, 5.41) is 6.50. The van der Waals surface area contributed by atoms with Crippen molar-refractivity contribution in [3.05, 3.63) is 23.2 Å². The smallest absolute Gasteiger partial charge is 0.180 e. The zero-order chi connectivity index (χ0) is 9.26. The number of aryl methyl sites for hydroxylation is 1. The molecular weight excluding hydrogens is 186 g/mol. The van der Waals surface area contributed by atoms with Gasteiger partial charge >= 0.3 is 0 Å². The van der Waals surface area contributed by atoms with Crippen molar-refractivity contribution in [2.75, 3.05) is 5.73 Å². The Balaban J connectivity index is 2.19. The van der Waals surface area contributed by atoms with E-state index >= 15 is 0 Å². The van der Waals surface area contributed by atoms with Gasteiger partial charge in [0.1, 0.15) is 12.2 Å². The van der Waals surface area contributed by atoms with Crippen molar-refractivity contribution < 1.29 is 0 Å². The van der Waals surface area contributed by atoms with Crippen molar-refractivity contribution in [1.29, 1.82) is 0 Å².